The van der Waals surface area contributed by atoms with E-state index in [-0.39, 0.29) is 0 Å². The van der Waals surface area contributed by atoms with E-state index >= 15 is 0 Å². The summed E-state index contributed by atoms with van der Waals surface area (Å²) in [4.78, 5) is 4.87. The number of aryl methyl sites for hydroxylation is 3. The van der Waals surface area contributed by atoms with Crippen LogP contribution in [0.2, 0.25) is 0 Å². The first-order valence-electron chi connectivity index (χ1n) is 9.39. The molecule has 2 aromatic carbocycles. The molecule has 0 radical (unpaired) electrons. The van der Waals surface area contributed by atoms with Gasteiger partial charge in [-0.2, -0.15) is 9.61 Å². The van der Waals surface area contributed by atoms with Crippen LogP contribution in [-0.4, -0.2) is 14.6 Å². The zero-order chi connectivity index (χ0) is 18.8. The zero-order valence-corrected chi connectivity index (χ0v) is 16.0. The lowest BCUT2D eigenvalue weighted by molar-refractivity contribution is 0.926. The van der Waals surface area contributed by atoms with Crippen molar-refractivity contribution >= 4 is 11.5 Å². The Morgan fingerprint density at radius 2 is 1.74 bits per heavy atom. The summed E-state index contributed by atoms with van der Waals surface area (Å²) in [6.07, 6.45) is 2.91. The molecule has 0 aliphatic carbocycles. The normalized spacial score (nSPS) is 11.1. The van der Waals surface area contributed by atoms with Crippen LogP contribution in [0.25, 0.3) is 16.9 Å². The molecule has 0 atom stereocenters. The van der Waals surface area contributed by atoms with Gasteiger partial charge in [0.1, 0.15) is 5.82 Å². The SMILES string of the molecule is CCc1cccc(CNc2cc(-c3ccccc3C)nc3c(C)cnn23)c1. The number of benzene rings is 2. The van der Waals surface area contributed by atoms with Gasteiger partial charge in [-0.3, -0.25) is 0 Å². The lowest BCUT2D eigenvalue weighted by Crippen LogP contribution is -2.07. The quantitative estimate of drug-likeness (QED) is 0.535. The van der Waals surface area contributed by atoms with Crippen molar-refractivity contribution < 1.29 is 0 Å². The number of hydrogen-bond acceptors (Lipinski definition) is 3. The maximum atomic E-state index is 4.87. The van der Waals surface area contributed by atoms with Crippen LogP contribution in [0.15, 0.2) is 60.8 Å². The third-order valence-electron chi connectivity index (χ3n) is 4.94. The topological polar surface area (TPSA) is 42.2 Å². The zero-order valence-electron chi connectivity index (χ0n) is 16.0. The molecule has 0 unspecified atom stereocenters. The van der Waals surface area contributed by atoms with Crippen LogP contribution in [0.4, 0.5) is 5.82 Å². The molecular formula is C23H24N4. The van der Waals surface area contributed by atoms with E-state index in [0.717, 1.165) is 41.3 Å². The van der Waals surface area contributed by atoms with Gasteiger partial charge in [-0.1, -0.05) is 55.5 Å². The van der Waals surface area contributed by atoms with E-state index in [0.29, 0.717) is 0 Å². The van der Waals surface area contributed by atoms with Crippen molar-refractivity contribution in [2.24, 2.45) is 0 Å². The standard InChI is InChI=1S/C23H24N4/c1-4-18-9-7-10-19(12-18)15-24-22-13-21(20-11-6-5-8-16(20)2)26-23-17(3)14-25-27(22)23/h5-14,24H,4,15H2,1-3H3. The van der Waals surface area contributed by atoms with Crippen LogP contribution in [0.5, 0.6) is 0 Å². The Labute approximate surface area is 159 Å². The Bertz CT molecular complexity index is 1090. The van der Waals surface area contributed by atoms with Crippen LogP contribution < -0.4 is 5.32 Å². The fourth-order valence-electron chi connectivity index (χ4n) is 3.35. The van der Waals surface area contributed by atoms with Crippen molar-refractivity contribution in [2.75, 3.05) is 5.32 Å². The third kappa shape index (κ3) is 3.43. The Morgan fingerprint density at radius 3 is 2.56 bits per heavy atom. The van der Waals surface area contributed by atoms with E-state index in [4.69, 9.17) is 4.98 Å². The minimum atomic E-state index is 0.749. The number of nitrogens with one attached hydrogen (secondary N) is 1. The number of anilines is 1. The fourth-order valence-corrected chi connectivity index (χ4v) is 3.35. The summed E-state index contributed by atoms with van der Waals surface area (Å²) in [5, 5.41) is 8.07. The fraction of sp³-hybridized carbons (Fsp3) is 0.217. The Hall–Kier alpha value is -3.14. The Balaban J connectivity index is 1.74. The Morgan fingerprint density at radius 1 is 0.926 bits per heavy atom. The Kier molecular flexibility index (Phi) is 4.63. The minimum absolute atomic E-state index is 0.749. The van der Waals surface area contributed by atoms with Crippen LogP contribution >= 0.6 is 0 Å². The minimum Gasteiger partial charge on any atom is -0.366 e. The monoisotopic (exact) mass is 356 g/mol. The highest BCUT2D eigenvalue weighted by atomic mass is 15.3. The summed E-state index contributed by atoms with van der Waals surface area (Å²) in [5.41, 5.74) is 7.91. The van der Waals surface area contributed by atoms with Gasteiger partial charge in [-0.25, -0.2) is 4.98 Å². The first kappa shape index (κ1) is 17.3. The second kappa shape index (κ2) is 7.23. The van der Waals surface area contributed by atoms with Crippen molar-refractivity contribution in [3.05, 3.63) is 83.0 Å². The summed E-state index contributed by atoms with van der Waals surface area (Å²) in [5.74, 6) is 0.952. The molecule has 1 N–H and O–H groups in total. The molecule has 4 aromatic rings. The molecule has 27 heavy (non-hydrogen) atoms. The molecule has 4 rings (SSSR count). The molecule has 136 valence electrons. The highest BCUT2D eigenvalue weighted by molar-refractivity contribution is 5.70. The van der Waals surface area contributed by atoms with Gasteiger partial charge < -0.3 is 5.32 Å². The average molecular weight is 356 g/mol. The van der Waals surface area contributed by atoms with Gasteiger partial charge >= 0.3 is 0 Å². The summed E-state index contributed by atoms with van der Waals surface area (Å²) in [7, 11) is 0. The largest absolute Gasteiger partial charge is 0.366 e. The molecule has 2 heterocycles. The summed E-state index contributed by atoms with van der Waals surface area (Å²) in [6.45, 7) is 7.10. The smallest absolute Gasteiger partial charge is 0.160 e. The lowest BCUT2D eigenvalue weighted by Gasteiger charge is -2.12. The van der Waals surface area contributed by atoms with Crippen LogP contribution in [0.3, 0.4) is 0 Å². The van der Waals surface area contributed by atoms with Crippen molar-refractivity contribution in [3.8, 4) is 11.3 Å². The van der Waals surface area contributed by atoms with Gasteiger partial charge in [0, 0.05) is 23.7 Å². The maximum absolute atomic E-state index is 4.87. The molecule has 4 nitrogen and oxygen atoms in total. The molecule has 0 spiro atoms. The van der Waals surface area contributed by atoms with Gasteiger partial charge in [0.2, 0.25) is 0 Å². The summed E-state index contributed by atoms with van der Waals surface area (Å²) in [6, 6.07) is 19.1. The molecule has 0 bridgehead atoms. The summed E-state index contributed by atoms with van der Waals surface area (Å²) >= 11 is 0. The van der Waals surface area contributed by atoms with Crippen molar-refractivity contribution in [2.45, 2.75) is 33.7 Å². The van der Waals surface area contributed by atoms with Crippen LogP contribution in [0.1, 0.15) is 29.2 Å². The number of hydrogen-bond donors (Lipinski definition) is 1. The molecule has 4 heteroatoms. The van der Waals surface area contributed by atoms with Crippen molar-refractivity contribution in [3.63, 3.8) is 0 Å². The van der Waals surface area contributed by atoms with Crippen molar-refractivity contribution in [1.29, 1.82) is 0 Å². The number of nitrogens with zero attached hydrogens (tertiary/aromatic N) is 3. The molecular weight excluding hydrogens is 332 g/mol. The molecule has 0 aliphatic heterocycles. The highest BCUT2D eigenvalue weighted by Gasteiger charge is 2.12. The van der Waals surface area contributed by atoms with E-state index in [2.05, 4.69) is 78.9 Å². The lowest BCUT2D eigenvalue weighted by atomic mass is 10.1. The van der Waals surface area contributed by atoms with Gasteiger partial charge in [0.05, 0.1) is 11.9 Å². The molecule has 0 aliphatic rings. The summed E-state index contributed by atoms with van der Waals surface area (Å²) < 4.78 is 1.89. The van der Waals surface area contributed by atoms with Gasteiger partial charge in [0.25, 0.3) is 0 Å². The second-order valence-corrected chi connectivity index (χ2v) is 6.93. The predicted octanol–water partition coefficient (Wildman–Crippen LogP) is 5.19. The van der Waals surface area contributed by atoms with E-state index in [9.17, 15) is 0 Å². The molecule has 0 amide bonds. The number of rotatable bonds is 5. The highest BCUT2D eigenvalue weighted by Crippen LogP contribution is 2.26. The third-order valence-corrected chi connectivity index (χ3v) is 4.94. The molecule has 0 saturated carbocycles. The van der Waals surface area contributed by atoms with E-state index in [1.807, 2.05) is 17.6 Å². The molecule has 0 saturated heterocycles. The van der Waals surface area contributed by atoms with E-state index < -0.39 is 0 Å². The molecule has 0 fully saturated rings. The van der Waals surface area contributed by atoms with Crippen molar-refractivity contribution in [1.82, 2.24) is 14.6 Å². The first-order valence-corrected chi connectivity index (χ1v) is 9.39. The van der Waals surface area contributed by atoms with Crippen LogP contribution in [0, 0.1) is 13.8 Å². The average Bonchev–Trinajstić information content (AvgIpc) is 3.07. The van der Waals surface area contributed by atoms with Gasteiger partial charge in [-0.05, 0) is 37.0 Å². The molecule has 2 aromatic heterocycles. The second-order valence-electron chi connectivity index (χ2n) is 6.93. The van der Waals surface area contributed by atoms with Crippen LogP contribution in [-0.2, 0) is 13.0 Å². The van der Waals surface area contributed by atoms with E-state index in [1.54, 1.807) is 0 Å². The van der Waals surface area contributed by atoms with Gasteiger partial charge in [0.15, 0.2) is 5.65 Å². The van der Waals surface area contributed by atoms with Gasteiger partial charge in [-0.15, -0.1) is 0 Å². The van der Waals surface area contributed by atoms with E-state index in [1.165, 1.54) is 16.7 Å². The number of fused-ring (bicyclic) bond motifs is 1. The first-order chi connectivity index (χ1) is 13.2. The number of aromatic nitrogens is 3. The predicted molar refractivity (Wildman–Crippen MR) is 111 cm³/mol. The maximum Gasteiger partial charge on any atom is 0.160 e.